The monoisotopic (exact) mass is 338 g/mol. The smallest absolute Gasteiger partial charge is 0.257 e. The molecular weight excluding hydrogens is 320 g/mol. The molecule has 3 rings (SSSR count). The second-order valence-corrected chi connectivity index (χ2v) is 5.34. The number of ether oxygens (including phenoxy) is 1. The van der Waals surface area contributed by atoms with Gasteiger partial charge in [0.15, 0.2) is 6.61 Å². The first kappa shape index (κ1) is 16.6. The van der Waals surface area contributed by atoms with Crippen molar-refractivity contribution in [1.82, 2.24) is 30.5 Å². The number of hydrogen-bond donors (Lipinski definition) is 1. The summed E-state index contributed by atoms with van der Waals surface area (Å²) in [4.78, 5) is 17.4. The molecule has 0 spiro atoms. The minimum atomic E-state index is -0.171. The van der Waals surface area contributed by atoms with Gasteiger partial charge in [-0.3, -0.25) is 9.78 Å². The Morgan fingerprint density at radius 3 is 2.72 bits per heavy atom. The first-order valence-electron chi connectivity index (χ1n) is 7.84. The molecule has 1 aromatic carbocycles. The normalized spacial score (nSPS) is 10.4. The van der Waals surface area contributed by atoms with Crippen LogP contribution in [0.2, 0.25) is 0 Å². The predicted molar refractivity (Wildman–Crippen MR) is 90.7 cm³/mol. The lowest BCUT2D eigenvalue weighted by Gasteiger charge is -2.07. The van der Waals surface area contributed by atoms with Crippen LogP contribution in [0.4, 0.5) is 0 Å². The zero-order chi connectivity index (χ0) is 17.5. The van der Waals surface area contributed by atoms with Crippen molar-refractivity contribution in [3.8, 4) is 17.1 Å². The molecule has 0 aliphatic heterocycles. The molecule has 1 amide bonds. The Kier molecular flexibility index (Phi) is 5.30. The van der Waals surface area contributed by atoms with E-state index < -0.39 is 0 Å². The maximum Gasteiger partial charge on any atom is 0.257 e. The van der Waals surface area contributed by atoms with Gasteiger partial charge < -0.3 is 10.1 Å². The first-order chi connectivity index (χ1) is 12.2. The summed E-state index contributed by atoms with van der Waals surface area (Å²) in [5.74, 6) is 0.976. The van der Waals surface area contributed by atoms with Crippen LogP contribution in [-0.2, 0) is 18.3 Å². The van der Waals surface area contributed by atoms with Crippen LogP contribution in [0.15, 0.2) is 48.7 Å². The van der Waals surface area contributed by atoms with E-state index in [9.17, 15) is 4.79 Å². The van der Waals surface area contributed by atoms with Gasteiger partial charge in [0.05, 0.1) is 7.05 Å². The lowest BCUT2D eigenvalue weighted by Crippen LogP contribution is -2.30. The topological polar surface area (TPSA) is 94.8 Å². The number of carbonyl (C=O) groups is 1. The van der Waals surface area contributed by atoms with Crippen LogP contribution in [0.1, 0.15) is 5.69 Å². The van der Waals surface area contributed by atoms with Crippen LogP contribution >= 0.6 is 0 Å². The van der Waals surface area contributed by atoms with Crippen LogP contribution in [0.3, 0.4) is 0 Å². The van der Waals surface area contributed by atoms with Crippen molar-refractivity contribution >= 4 is 5.91 Å². The van der Waals surface area contributed by atoms with Gasteiger partial charge in [0.2, 0.25) is 5.82 Å². The van der Waals surface area contributed by atoms with Crippen molar-refractivity contribution < 1.29 is 9.53 Å². The Morgan fingerprint density at radius 1 is 1.20 bits per heavy atom. The predicted octanol–water partition coefficient (Wildman–Crippen LogP) is 1.01. The fraction of sp³-hybridized carbons (Fsp3) is 0.235. The second-order valence-electron chi connectivity index (χ2n) is 5.34. The number of tetrazole rings is 1. The number of pyridine rings is 1. The van der Waals surface area contributed by atoms with Gasteiger partial charge in [0, 0.05) is 30.4 Å². The molecule has 1 N–H and O–H groups in total. The number of hydrogen-bond acceptors (Lipinski definition) is 6. The number of amides is 1. The summed E-state index contributed by atoms with van der Waals surface area (Å²) < 4.78 is 5.48. The molecule has 8 nitrogen and oxygen atoms in total. The van der Waals surface area contributed by atoms with E-state index in [1.54, 1.807) is 25.4 Å². The Hall–Kier alpha value is -3.29. The van der Waals surface area contributed by atoms with E-state index in [4.69, 9.17) is 4.74 Å². The van der Waals surface area contributed by atoms with Crippen LogP contribution in [0.5, 0.6) is 5.75 Å². The molecule has 0 saturated carbocycles. The maximum absolute atomic E-state index is 11.8. The number of carbonyl (C=O) groups excluding carboxylic acids is 1. The minimum Gasteiger partial charge on any atom is -0.484 e. The molecule has 0 saturated heterocycles. The number of nitrogens with zero attached hydrogens (tertiary/aromatic N) is 5. The average Bonchev–Trinajstić information content (AvgIpc) is 3.08. The Bertz CT molecular complexity index is 817. The molecule has 0 aliphatic rings. The molecule has 2 heterocycles. The van der Waals surface area contributed by atoms with Gasteiger partial charge in [-0.1, -0.05) is 6.07 Å². The van der Waals surface area contributed by atoms with E-state index in [2.05, 4.69) is 25.7 Å². The molecule has 2 aromatic heterocycles. The van der Waals surface area contributed by atoms with E-state index >= 15 is 0 Å². The molecule has 8 heteroatoms. The third-order valence-corrected chi connectivity index (χ3v) is 3.42. The summed E-state index contributed by atoms with van der Waals surface area (Å²) in [6.45, 7) is 0.488. The molecule has 3 aromatic rings. The summed E-state index contributed by atoms with van der Waals surface area (Å²) in [5, 5.41) is 14.7. The fourth-order valence-corrected chi connectivity index (χ4v) is 2.18. The molecule has 0 fully saturated rings. The number of aryl methyl sites for hydroxylation is 1. The summed E-state index contributed by atoms with van der Waals surface area (Å²) in [5.41, 5.74) is 1.78. The van der Waals surface area contributed by atoms with Gasteiger partial charge in [0.25, 0.3) is 5.91 Å². The molecule has 0 aliphatic carbocycles. The lowest BCUT2D eigenvalue weighted by atomic mass is 10.2. The SMILES string of the molecule is Cn1nnc(-c2ccc(OCC(=O)NCCc3ccccn3)cc2)n1. The summed E-state index contributed by atoms with van der Waals surface area (Å²) in [6, 6.07) is 12.9. The number of aromatic nitrogens is 5. The highest BCUT2D eigenvalue weighted by atomic mass is 16.5. The highest BCUT2D eigenvalue weighted by Crippen LogP contribution is 2.18. The van der Waals surface area contributed by atoms with E-state index in [0.717, 1.165) is 11.3 Å². The summed E-state index contributed by atoms with van der Waals surface area (Å²) in [6.07, 6.45) is 2.42. The third-order valence-electron chi connectivity index (χ3n) is 3.42. The second kappa shape index (κ2) is 8.00. The Balaban J connectivity index is 1.42. The first-order valence-corrected chi connectivity index (χ1v) is 7.84. The van der Waals surface area contributed by atoms with Crippen molar-refractivity contribution in [1.29, 1.82) is 0 Å². The molecule has 128 valence electrons. The highest BCUT2D eigenvalue weighted by Gasteiger charge is 2.06. The molecule has 0 bridgehead atoms. The van der Waals surface area contributed by atoms with Crippen LogP contribution < -0.4 is 10.1 Å². The van der Waals surface area contributed by atoms with Gasteiger partial charge in [-0.2, -0.15) is 4.80 Å². The van der Waals surface area contributed by atoms with E-state index in [0.29, 0.717) is 24.5 Å². The summed E-state index contributed by atoms with van der Waals surface area (Å²) >= 11 is 0. The van der Waals surface area contributed by atoms with Gasteiger partial charge >= 0.3 is 0 Å². The Labute approximate surface area is 144 Å². The van der Waals surface area contributed by atoms with Crippen LogP contribution in [0, 0.1) is 0 Å². The zero-order valence-corrected chi connectivity index (χ0v) is 13.8. The average molecular weight is 338 g/mol. The van der Waals surface area contributed by atoms with E-state index in [1.807, 2.05) is 30.3 Å². The fourth-order valence-electron chi connectivity index (χ4n) is 2.18. The van der Waals surface area contributed by atoms with Crippen molar-refractivity contribution in [2.45, 2.75) is 6.42 Å². The van der Waals surface area contributed by atoms with Crippen LogP contribution in [-0.4, -0.2) is 44.3 Å². The minimum absolute atomic E-state index is 0.0367. The standard InChI is InChI=1S/C17H18N6O2/c1-23-21-17(20-22-23)13-5-7-15(8-6-13)25-12-16(24)19-11-9-14-4-2-3-10-18-14/h2-8,10H,9,11-12H2,1H3,(H,19,24). The van der Waals surface area contributed by atoms with E-state index in [-0.39, 0.29) is 12.5 Å². The number of nitrogens with one attached hydrogen (secondary N) is 1. The van der Waals surface area contributed by atoms with Crippen molar-refractivity contribution in [2.24, 2.45) is 7.05 Å². The van der Waals surface area contributed by atoms with E-state index in [1.165, 1.54) is 4.80 Å². The number of benzene rings is 1. The molecule has 0 atom stereocenters. The summed E-state index contributed by atoms with van der Waals surface area (Å²) in [7, 11) is 1.71. The van der Waals surface area contributed by atoms with Gasteiger partial charge in [-0.25, -0.2) is 0 Å². The molecule has 0 unspecified atom stereocenters. The van der Waals surface area contributed by atoms with Crippen molar-refractivity contribution in [3.05, 3.63) is 54.4 Å². The Morgan fingerprint density at radius 2 is 2.04 bits per heavy atom. The maximum atomic E-state index is 11.8. The van der Waals surface area contributed by atoms with Gasteiger partial charge in [-0.15, -0.1) is 10.2 Å². The van der Waals surface area contributed by atoms with Gasteiger partial charge in [0.1, 0.15) is 5.75 Å². The number of rotatable bonds is 7. The van der Waals surface area contributed by atoms with Crippen molar-refractivity contribution in [2.75, 3.05) is 13.2 Å². The van der Waals surface area contributed by atoms with Gasteiger partial charge in [-0.05, 0) is 41.6 Å². The molecular formula is C17H18N6O2. The van der Waals surface area contributed by atoms with Crippen molar-refractivity contribution in [3.63, 3.8) is 0 Å². The third kappa shape index (κ3) is 4.84. The highest BCUT2D eigenvalue weighted by molar-refractivity contribution is 5.77. The van der Waals surface area contributed by atoms with Crippen LogP contribution in [0.25, 0.3) is 11.4 Å². The zero-order valence-electron chi connectivity index (χ0n) is 13.8. The lowest BCUT2D eigenvalue weighted by molar-refractivity contribution is -0.123. The largest absolute Gasteiger partial charge is 0.484 e. The quantitative estimate of drug-likeness (QED) is 0.691. The molecule has 25 heavy (non-hydrogen) atoms. The molecule has 0 radical (unpaired) electrons.